The molecule has 0 atom stereocenters. The first kappa shape index (κ1) is 12.8. The van der Waals surface area contributed by atoms with Gasteiger partial charge in [0.05, 0.1) is 5.33 Å². The molecule has 0 unspecified atom stereocenters. The Morgan fingerprint density at radius 3 is 2.53 bits per heavy atom. The SMILES string of the molecule is O=C(CBr)c1cccc2c1c(Br)cc1ccccc12. The highest BCUT2D eigenvalue weighted by Crippen LogP contribution is 2.34. The minimum atomic E-state index is 0.0987. The average Bonchev–Trinajstić information content (AvgIpc) is 2.46. The molecule has 1 nitrogen and oxygen atoms in total. The lowest BCUT2D eigenvalue weighted by Crippen LogP contribution is -2.01. The fourth-order valence-electron chi connectivity index (χ4n) is 2.42. The molecule has 0 aliphatic carbocycles. The van der Waals surface area contributed by atoms with E-state index in [1.54, 1.807) is 0 Å². The molecule has 0 N–H and O–H groups in total. The number of rotatable bonds is 2. The number of halogens is 2. The zero-order chi connectivity index (χ0) is 13.4. The Hall–Kier alpha value is -1.19. The number of alkyl halides is 1. The molecule has 0 radical (unpaired) electrons. The average molecular weight is 378 g/mol. The van der Waals surface area contributed by atoms with Gasteiger partial charge in [-0.25, -0.2) is 0 Å². The molecule has 0 fully saturated rings. The summed E-state index contributed by atoms with van der Waals surface area (Å²) in [4.78, 5) is 12.0. The first-order chi connectivity index (χ1) is 9.22. The van der Waals surface area contributed by atoms with Crippen LogP contribution in [0.2, 0.25) is 0 Å². The fraction of sp³-hybridized carbons (Fsp3) is 0.0625. The van der Waals surface area contributed by atoms with E-state index in [0.29, 0.717) is 5.33 Å². The summed E-state index contributed by atoms with van der Waals surface area (Å²) in [6.45, 7) is 0. The summed E-state index contributed by atoms with van der Waals surface area (Å²) < 4.78 is 0.964. The molecule has 19 heavy (non-hydrogen) atoms. The van der Waals surface area contributed by atoms with Gasteiger partial charge in [-0.2, -0.15) is 0 Å². The maximum Gasteiger partial charge on any atom is 0.174 e. The number of hydrogen-bond donors (Lipinski definition) is 0. The largest absolute Gasteiger partial charge is 0.293 e. The van der Waals surface area contributed by atoms with Gasteiger partial charge in [0.1, 0.15) is 0 Å². The van der Waals surface area contributed by atoms with Gasteiger partial charge in [-0.1, -0.05) is 74.3 Å². The van der Waals surface area contributed by atoms with Crippen LogP contribution in [-0.4, -0.2) is 11.1 Å². The van der Waals surface area contributed by atoms with Crippen molar-refractivity contribution in [3.63, 3.8) is 0 Å². The standard InChI is InChI=1S/C16H10Br2O/c17-9-15(19)13-7-3-6-12-11-5-2-1-4-10(11)8-14(18)16(12)13/h1-8H,9H2. The van der Waals surface area contributed by atoms with Crippen LogP contribution in [0, 0.1) is 0 Å². The van der Waals surface area contributed by atoms with E-state index < -0.39 is 0 Å². The molecule has 3 aromatic carbocycles. The topological polar surface area (TPSA) is 17.1 Å². The molecule has 94 valence electrons. The maximum atomic E-state index is 12.0. The zero-order valence-corrected chi connectivity index (χ0v) is 13.2. The normalized spacial score (nSPS) is 11.1. The van der Waals surface area contributed by atoms with Crippen molar-refractivity contribution in [3.8, 4) is 0 Å². The third-order valence-corrected chi connectivity index (χ3v) is 4.39. The van der Waals surface area contributed by atoms with Crippen molar-refractivity contribution in [2.24, 2.45) is 0 Å². The Morgan fingerprint density at radius 1 is 1.00 bits per heavy atom. The molecule has 3 rings (SSSR count). The minimum Gasteiger partial charge on any atom is -0.293 e. The highest BCUT2D eigenvalue weighted by atomic mass is 79.9. The number of carbonyl (C=O) groups excluding carboxylic acids is 1. The highest BCUT2D eigenvalue weighted by Gasteiger charge is 2.13. The highest BCUT2D eigenvalue weighted by molar-refractivity contribution is 9.10. The molecular weight excluding hydrogens is 368 g/mol. The van der Waals surface area contributed by atoms with Gasteiger partial charge in [-0.15, -0.1) is 0 Å². The lowest BCUT2D eigenvalue weighted by molar-refractivity contribution is 0.102. The minimum absolute atomic E-state index is 0.0987. The molecule has 3 aromatic rings. The summed E-state index contributed by atoms with van der Waals surface area (Å²) in [6, 6.07) is 16.2. The summed E-state index contributed by atoms with van der Waals surface area (Å²) in [5, 5.41) is 4.78. The van der Waals surface area contributed by atoms with Crippen LogP contribution in [0.5, 0.6) is 0 Å². The predicted molar refractivity (Wildman–Crippen MR) is 87.3 cm³/mol. The quantitative estimate of drug-likeness (QED) is 0.335. The number of fused-ring (bicyclic) bond motifs is 3. The van der Waals surface area contributed by atoms with E-state index in [9.17, 15) is 4.79 Å². The summed E-state index contributed by atoms with van der Waals surface area (Å²) in [5.74, 6) is 0.0987. The Bertz CT molecular complexity index is 793. The fourth-order valence-corrected chi connectivity index (χ4v) is 3.39. The van der Waals surface area contributed by atoms with Crippen LogP contribution in [0.3, 0.4) is 0 Å². The summed E-state index contributed by atoms with van der Waals surface area (Å²) in [5.41, 5.74) is 0.756. The van der Waals surface area contributed by atoms with Crippen LogP contribution in [0.4, 0.5) is 0 Å². The number of benzene rings is 3. The Labute approximate surface area is 127 Å². The van der Waals surface area contributed by atoms with Gasteiger partial charge in [0, 0.05) is 15.4 Å². The van der Waals surface area contributed by atoms with E-state index in [4.69, 9.17) is 0 Å². The number of ketones is 1. The van der Waals surface area contributed by atoms with Gasteiger partial charge < -0.3 is 0 Å². The van der Waals surface area contributed by atoms with Gasteiger partial charge in [-0.05, 0) is 22.2 Å². The van der Waals surface area contributed by atoms with Crippen LogP contribution in [-0.2, 0) is 0 Å². The summed E-state index contributed by atoms with van der Waals surface area (Å²) >= 11 is 6.85. The molecular formula is C16H10Br2O. The van der Waals surface area contributed by atoms with Gasteiger partial charge in [0.25, 0.3) is 0 Å². The second-order valence-corrected chi connectivity index (χ2v) is 5.78. The Balaban J connectivity index is 2.51. The molecule has 0 amide bonds. The van der Waals surface area contributed by atoms with Gasteiger partial charge in [0.15, 0.2) is 5.78 Å². The van der Waals surface area contributed by atoms with E-state index in [0.717, 1.165) is 20.8 Å². The van der Waals surface area contributed by atoms with Crippen molar-refractivity contribution in [2.75, 3.05) is 5.33 Å². The lowest BCUT2D eigenvalue weighted by Gasteiger charge is -2.10. The molecule has 0 aromatic heterocycles. The summed E-state index contributed by atoms with van der Waals surface area (Å²) in [7, 11) is 0. The third kappa shape index (κ3) is 2.11. The van der Waals surface area contributed by atoms with E-state index in [2.05, 4.69) is 56.1 Å². The van der Waals surface area contributed by atoms with Crippen LogP contribution in [0.25, 0.3) is 21.5 Å². The second kappa shape index (κ2) is 5.06. The molecule has 3 heteroatoms. The van der Waals surface area contributed by atoms with E-state index in [-0.39, 0.29) is 5.78 Å². The third-order valence-electron chi connectivity index (χ3n) is 3.26. The predicted octanol–water partition coefficient (Wildman–Crippen LogP) is 5.33. The van der Waals surface area contributed by atoms with Crippen molar-refractivity contribution >= 4 is 59.2 Å². The molecule has 0 heterocycles. The summed E-state index contributed by atoms with van der Waals surface area (Å²) in [6.07, 6.45) is 0. The molecule has 0 aliphatic heterocycles. The molecule has 0 spiro atoms. The monoisotopic (exact) mass is 376 g/mol. The van der Waals surface area contributed by atoms with Crippen LogP contribution < -0.4 is 0 Å². The Morgan fingerprint density at radius 2 is 1.74 bits per heavy atom. The van der Waals surface area contributed by atoms with E-state index >= 15 is 0 Å². The van der Waals surface area contributed by atoms with Crippen molar-refractivity contribution in [1.29, 1.82) is 0 Å². The van der Waals surface area contributed by atoms with Crippen molar-refractivity contribution in [3.05, 3.63) is 58.6 Å². The molecule has 0 aliphatic rings. The number of carbonyl (C=O) groups is 1. The molecule has 0 saturated carbocycles. The second-order valence-electron chi connectivity index (χ2n) is 4.36. The number of Topliss-reactive ketones (excluding diaryl/α,β-unsaturated/α-hetero) is 1. The van der Waals surface area contributed by atoms with Crippen molar-refractivity contribution in [2.45, 2.75) is 0 Å². The first-order valence-electron chi connectivity index (χ1n) is 5.91. The van der Waals surface area contributed by atoms with Crippen molar-refractivity contribution < 1.29 is 4.79 Å². The van der Waals surface area contributed by atoms with Crippen molar-refractivity contribution in [1.82, 2.24) is 0 Å². The van der Waals surface area contributed by atoms with Crippen LogP contribution in [0.15, 0.2) is 53.0 Å². The van der Waals surface area contributed by atoms with E-state index in [1.165, 1.54) is 10.8 Å². The Kier molecular flexibility index (Phi) is 3.42. The van der Waals surface area contributed by atoms with Gasteiger partial charge in [-0.3, -0.25) is 4.79 Å². The van der Waals surface area contributed by atoms with Crippen LogP contribution >= 0.6 is 31.9 Å². The van der Waals surface area contributed by atoms with Gasteiger partial charge >= 0.3 is 0 Å². The number of hydrogen-bond acceptors (Lipinski definition) is 1. The molecule has 0 saturated heterocycles. The zero-order valence-electron chi connectivity index (χ0n) is 9.99. The van der Waals surface area contributed by atoms with Crippen LogP contribution in [0.1, 0.15) is 10.4 Å². The van der Waals surface area contributed by atoms with E-state index in [1.807, 2.05) is 24.3 Å². The smallest absolute Gasteiger partial charge is 0.174 e. The maximum absolute atomic E-state index is 12.0. The lowest BCUT2D eigenvalue weighted by atomic mass is 9.97. The first-order valence-corrected chi connectivity index (χ1v) is 7.83. The molecule has 0 bridgehead atoms. The van der Waals surface area contributed by atoms with Gasteiger partial charge in [0.2, 0.25) is 0 Å².